The minimum Gasteiger partial charge on any atom is -0.354 e. The first-order valence-electron chi connectivity index (χ1n) is 9.50. The average molecular weight is 391 g/mol. The van der Waals surface area contributed by atoms with Gasteiger partial charge < -0.3 is 10.3 Å². The number of H-pyrrole nitrogens is 1. The maximum Gasteiger partial charge on any atom is 0.253 e. The molecule has 0 radical (unpaired) electrons. The summed E-state index contributed by atoms with van der Waals surface area (Å²) in [6.07, 6.45) is 12.5. The smallest absolute Gasteiger partial charge is 0.253 e. The topological polar surface area (TPSA) is 62.0 Å². The van der Waals surface area contributed by atoms with Gasteiger partial charge >= 0.3 is 0 Å². The van der Waals surface area contributed by atoms with E-state index in [1.54, 1.807) is 6.07 Å². The molecule has 4 nitrogen and oxygen atoms in total. The van der Waals surface area contributed by atoms with Gasteiger partial charge in [-0.3, -0.25) is 9.59 Å². The number of thioether (sulfide) groups is 1. The fourth-order valence-electron chi connectivity index (χ4n) is 4.04. The lowest BCUT2D eigenvalue weighted by Gasteiger charge is -2.33. The maximum absolute atomic E-state index is 13.1. The molecule has 2 aromatic carbocycles. The van der Waals surface area contributed by atoms with E-state index in [9.17, 15) is 9.59 Å². The first-order valence-corrected chi connectivity index (χ1v) is 10.7. The van der Waals surface area contributed by atoms with Crippen LogP contribution in [-0.4, -0.2) is 22.7 Å². The predicted molar refractivity (Wildman–Crippen MR) is 116 cm³/mol. The summed E-state index contributed by atoms with van der Waals surface area (Å²) in [5.41, 5.74) is 1.36. The Balaban J connectivity index is 1.82. The third-order valence-corrected chi connectivity index (χ3v) is 6.38. The Morgan fingerprint density at radius 2 is 1.89 bits per heavy atom. The summed E-state index contributed by atoms with van der Waals surface area (Å²) in [5, 5.41) is 4.34. The van der Waals surface area contributed by atoms with Crippen LogP contribution in [0.2, 0.25) is 0 Å². The first-order chi connectivity index (χ1) is 13.6. The van der Waals surface area contributed by atoms with Gasteiger partial charge in [0.25, 0.3) is 5.91 Å². The lowest BCUT2D eigenvalue weighted by Crippen LogP contribution is -2.48. The highest BCUT2D eigenvalue weighted by Gasteiger charge is 2.32. The van der Waals surface area contributed by atoms with Gasteiger partial charge in [-0.1, -0.05) is 37.3 Å². The van der Waals surface area contributed by atoms with Crippen LogP contribution in [0, 0.1) is 12.3 Å². The second kappa shape index (κ2) is 7.37. The fourth-order valence-corrected chi connectivity index (χ4v) is 4.65. The minimum absolute atomic E-state index is 0.0287. The summed E-state index contributed by atoms with van der Waals surface area (Å²) < 4.78 is 0. The van der Waals surface area contributed by atoms with Crippen molar-refractivity contribution in [2.45, 2.75) is 42.5 Å². The molecule has 28 heavy (non-hydrogen) atoms. The van der Waals surface area contributed by atoms with Crippen LogP contribution in [0.25, 0.3) is 21.8 Å². The second-order valence-corrected chi connectivity index (χ2v) is 8.19. The molecule has 0 aliphatic heterocycles. The molecule has 1 fully saturated rings. The molecule has 1 aromatic heterocycles. The molecule has 0 atom stereocenters. The summed E-state index contributed by atoms with van der Waals surface area (Å²) in [4.78, 5) is 30.1. The van der Waals surface area contributed by atoms with E-state index in [0.717, 1.165) is 42.5 Å². The van der Waals surface area contributed by atoms with Gasteiger partial charge in [0, 0.05) is 21.2 Å². The Hall–Kier alpha value is -2.71. The van der Waals surface area contributed by atoms with E-state index < -0.39 is 5.54 Å². The van der Waals surface area contributed by atoms with E-state index in [1.807, 2.05) is 36.6 Å². The lowest BCUT2D eigenvalue weighted by molar-refractivity contribution is 0.0901. The zero-order chi connectivity index (χ0) is 19.7. The summed E-state index contributed by atoms with van der Waals surface area (Å²) >= 11 is 1.46. The first kappa shape index (κ1) is 18.6. The molecule has 1 aliphatic rings. The van der Waals surface area contributed by atoms with E-state index in [-0.39, 0.29) is 11.3 Å². The summed E-state index contributed by atoms with van der Waals surface area (Å²) in [6.45, 7) is 0. The van der Waals surface area contributed by atoms with Crippen LogP contribution in [0.3, 0.4) is 0 Å². The number of rotatable bonds is 3. The largest absolute Gasteiger partial charge is 0.354 e. The van der Waals surface area contributed by atoms with Crippen molar-refractivity contribution in [3.8, 4) is 12.3 Å². The predicted octanol–water partition coefficient (Wildman–Crippen LogP) is 4.47. The SMILES string of the molecule is C#CC1(NC(=O)c2cc3[nH]c4ccccc4c(=O)c3cc2SC)CCCCC1. The molecule has 0 saturated heterocycles. The zero-order valence-corrected chi connectivity index (χ0v) is 16.6. The van der Waals surface area contributed by atoms with Gasteiger partial charge in [-0.25, -0.2) is 0 Å². The number of amides is 1. The fraction of sp³-hybridized carbons (Fsp3) is 0.304. The number of aromatic nitrogens is 1. The Morgan fingerprint density at radius 1 is 1.14 bits per heavy atom. The van der Waals surface area contributed by atoms with Crippen molar-refractivity contribution in [2.75, 3.05) is 6.26 Å². The third-order valence-electron chi connectivity index (χ3n) is 5.61. The molecule has 0 unspecified atom stereocenters. The van der Waals surface area contributed by atoms with Gasteiger partial charge in [0.1, 0.15) is 5.54 Å². The lowest BCUT2D eigenvalue weighted by atomic mass is 9.82. The van der Waals surface area contributed by atoms with Crippen LogP contribution in [0.4, 0.5) is 0 Å². The molecule has 1 heterocycles. The number of nitrogens with one attached hydrogen (secondary N) is 2. The highest BCUT2D eigenvalue weighted by molar-refractivity contribution is 7.98. The van der Waals surface area contributed by atoms with Crippen LogP contribution in [0.1, 0.15) is 42.5 Å². The van der Waals surface area contributed by atoms with Crippen LogP contribution >= 0.6 is 11.8 Å². The number of fused-ring (bicyclic) bond motifs is 2. The van der Waals surface area contributed by atoms with E-state index >= 15 is 0 Å². The zero-order valence-electron chi connectivity index (χ0n) is 15.8. The van der Waals surface area contributed by atoms with Crippen LogP contribution in [-0.2, 0) is 0 Å². The van der Waals surface area contributed by atoms with Crippen LogP contribution < -0.4 is 10.7 Å². The van der Waals surface area contributed by atoms with Gasteiger partial charge in [-0.2, -0.15) is 0 Å². The number of hydrogen-bond acceptors (Lipinski definition) is 3. The molecule has 0 bridgehead atoms. The van der Waals surface area contributed by atoms with Crippen LogP contribution in [0.15, 0.2) is 46.1 Å². The van der Waals surface area contributed by atoms with E-state index in [1.165, 1.54) is 11.8 Å². The highest BCUT2D eigenvalue weighted by atomic mass is 32.2. The molecule has 5 heteroatoms. The Labute approximate surface area is 168 Å². The normalized spacial score (nSPS) is 16.0. The van der Waals surface area contributed by atoms with Gasteiger partial charge in [0.15, 0.2) is 5.43 Å². The van der Waals surface area contributed by atoms with Crippen molar-refractivity contribution in [2.24, 2.45) is 0 Å². The van der Waals surface area contributed by atoms with Crippen molar-refractivity contribution in [1.82, 2.24) is 10.3 Å². The van der Waals surface area contributed by atoms with Crippen LogP contribution in [0.5, 0.6) is 0 Å². The molecular formula is C23H22N2O2S. The molecule has 1 amide bonds. The summed E-state index contributed by atoms with van der Waals surface area (Å²) in [6, 6.07) is 11.0. The van der Waals surface area contributed by atoms with E-state index in [0.29, 0.717) is 21.9 Å². The third kappa shape index (κ3) is 3.18. The molecular weight excluding hydrogens is 368 g/mol. The van der Waals surface area contributed by atoms with Gasteiger partial charge in [0.05, 0.1) is 11.1 Å². The molecule has 2 N–H and O–H groups in total. The molecule has 1 aliphatic carbocycles. The standard InChI is InChI=1S/C23H22N2O2S/c1-3-23(11-7-4-8-12-23)25-22(27)17-13-19-16(14-20(17)28-2)21(26)15-9-5-6-10-18(15)24-19/h1,5-6,9-10,13-14H,4,7-8,11-12H2,2H3,(H,24,26)(H,25,27). The van der Waals surface area contributed by atoms with Gasteiger partial charge in [-0.05, 0) is 43.4 Å². The van der Waals surface area contributed by atoms with E-state index in [2.05, 4.69) is 16.2 Å². The minimum atomic E-state index is -0.573. The Kier molecular flexibility index (Phi) is 4.91. The number of para-hydroxylation sites is 1. The average Bonchev–Trinajstić information content (AvgIpc) is 2.73. The molecule has 1 saturated carbocycles. The number of pyridine rings is 1. The molecule has 4 rings (SSSR count). The van der Waals surface area contributed by atoms with Gasteiger partial charge in [-0.15, -0.1) is 18.2 Å². The number of benzene rings is 2. The number of aromatic amines is 1. The van der Waals surface area contributed by atoms with Crippen molar-refractivity contribution in [3.63, 3.8) is 0 Å². The van der Waals surface area contributed by atoms with Crippen molar-refractivity contribution < 1.29 is 4.79 Å². The van der Waals surface area contributed by atoms with Crippen molar-refractivity contribution in [3.05, 3.63) is 52.2 Å². The monoisotopic (exact) mass is 390 g/mol. The number of carbonyl (C=O) groups excluding carboxylic acids is 1. The second-order valence-electron chi connectivity index (χ2n) is 7.34. The van der Waals surface area contributed by atoms with E-state index in [4.69, 9.17) is 6.42 Å². The van der Waals surface area contributed by atoms with Gasteiger partial charge in [0.2, 0.25) is 0 Å². The molecule has 0 spiro atoms. The summed E-state index contributed by atoms with van der Waals surface area (Å²) in [5.74, 6) is 2.65. The highest BCUT2D eigenvalue weighted by Crippen LogP contribution is 2.30. The van der Waals surface area contributed by atoms with Crippen molar-refractivity contribution >= 4 is 39.5 Å². The van der Waals surface area contributed by atoms with Crippen molar-refractivity contribution in [1.29, 1.82) is 0 Å². The maximum atomic E-state index is 13.1. The Bertz CT molecular complexity index is 1170. The number of hydrogen-bond donors (Lipinski definition) is 2. The number of carbonyl (C=O) groups is 1. The molecule has 142 valence electrons. The number of terminal acetylenes is 1. The Morgan fingerprint density at radius 3 is 2.61 bits per heavy atom. The molecule has 3 aromatic rings. The quantitative estimate of drug-likeness (QED) is 0.394. The summed E-state index contributed by atoms with van der Waals surface area (Å²) in [7, 11) is 0.